The Hall–Kier alpha value is -0.870. The van der Waals surface area contributed by atoms with Crippen molar-refractivity contribution < 1.29 is 4.55 Å². The van der Waals surface area contributed by atoms with Gasteiger partial charge in [-0.3, -0.25) is 0 Å². The summed E-state index contributed by atoms with van der Waals surface area (Å²) in [4.78, 5) is 0. The van der Waals surface area contributed by atoms with E-state index in [4.69, 9.17) is 5.41 Å². The van der Waals surface area contributed by atoms with E-state index in [1.54, 1.807) is 6.08 Å². The Bertz CT molecular complexity index is 429. The number of nitrogens with one attached hydrogen (secondary N) is 1. The quantitative estimate of drug-likeness (QED) is 0.397. The molecule has 1 aliphatic rings. The van der Waals surface area contributed by atoms with Crippen LogP contribution in [0.5, 0.6) is 0 Å². The third-order valence-corrected chi connectivity index (χ3v) is 4.77. The van der Waals surface area contributed by atoms with Crippen molar-refractivity contribution in [3.05, 3.63) is 23.8 Å². The molecule has 0 unspecified atom stereocenters. The molecule has 0 saturated heterocycles. The van der Waals surface area contributed by atoms with Crippen molar-refractivity contribution in [2.45, 2.75) is 64.5 Å². The topological polar surface area (TPSA) is 59.3 Å². The Balaban J connectivity index is 2.96. The largest absolute Gasteiger partial charge is 0.591 e. The van der Waals surface area contributed by atoms with Crippen molar-refractivity contribution in [1.82, 2.24) is 0 Å². The van der Waals surface area contributed by atoms with Crippen LogP contribution in [0.1, 0.15) is 59.8 Å². The minimum Gasteiger partial charge on any atom is -0.591 e. The fraction of sp³-hybridized carbons (Fsp3) is 0.647. The summed E-state index contributed by atoms with van der Waals surface area (Å²) < 4.78 is 16.5. The number of rotatable bonds is 8. The second-order valence-electron chi connectivity index (χ2n) is 6.48. The van der Waals surface area contributed by atoms with Crippen LogP contribution in [-0.4, -0.2) is 21.2 Å². The van der Waals surface area contributed by atoms with E-state index in [0.717, 1.165) is 36.5 Å². The smallest absolute Gasteiger partial charge is 0.144 e. The van der Waals surface area contributed by atoms with Crippen molar-refractivity contribution >= 4 is 23.3 Å². The maximum atomic E-state index is 12.3. The lowest BCUT2D eigenvalue weighted by atomic mass is 10.0. The van der Waals surface area contributed by atoms with E-state index >= 15 is 0 Å². The summed E-state index contributed by atoms with van der Waals surface area (Å²) in [6.45, 7) is 7.89. The summed E-state index contributed by atoms with van der Waals surface area (Å²) in [6, 6.07) is 0. The molecule has 0 radical (unpaired) electrons. The summed E-state index contributed by atoms with van der Waals surface area (Å²) in [5.74, 6) is 0.814. The fourth-order valence-corrected chi connectivity index (χ4v) is 2.48. The average molecular weight is 308 g/mol. The van der Waals surface area contributed by atoms with Crippen LogP contribution < -0.4 is 0 Å². The predicted molar refractivity (Wildman–Crippen MR) is 93.6 cm³/mol. The van der Waals surface area contributed by atoms with E-state index in [1.807, 2.05) is 26.8 Å². The van der Waals surface area contributed by atoms with Gasteiger partial charge >= 0.3 is 0 Å². The Kier molecular flexibility index (Phi) is 7.40. The molecule has 0 heterocycles. The molecule has 0 aromatic rings. The van der Waals surface area contributed by atoms with Crippen LogP contribution in [0.15, 0.2) is 28.2 Å². The molecule has 4 heteroatoms. The van der Waals surface area contributed by atoms with E-state index in [2.05, 4.69) is 17.4 Å². The SMILES string of the molecule is CC\C=C/C(=C\C=N)C(/CCC1CC1)=N/[S@+]([O-])C(C)(C)C. The molecule has 1 aliphatic carbocycles. The van der Waals surface area contributed by atoms with E-state index in [0.29, 0.717) is 0 Å². The average Bonchev–Trinajstić information content (AvgIpc) is 3.22. The standard InChI is InChI=1S/C17H28N2OS/c1-5-6-7-15(12-13-18)16(11-10-14-8-9-14)19-21(20)17(2,3)4/h6-7,12-14,18H,5,8-11H2,1-4H3/b7-6-,15-12+,18-13?,19-16+/t21-/m1/s1. The summed E-state index contributed by atoms with van der Waals surface area (Å²) in [7, 11) is 0. The normalized spacial score (nSPS) is 19.1. The molecule has 0 spiro atoms. The second-order valence-corrected chi connectivity index (χ2v) is 8.39. The van der Waals surface area contributed by atoms with Gasteiger partial charge in [0.15, 0.2) is 0 Å². The van der Waals surface area contributed by atoms with Crippen molar-refractivity contribution in [1.29, 1.82) is 5.41 Å². The van der Waals surface area contributed by atoms with Crippen molar-refractivity contribution in [2.75, 3.05) is 0 Å². The fourth-order valence-electron chi connectivity index (χ4n) is 1.81. The molecule has 1 rings (SSSR count). The van der Waals surface area contributed by atoms with Gasteiger partial charge in [0.25, 0.3) is 0 Å². The molecular weight excluding hydrogens is 280 g/mol. The highest BCUT2D eigenvalue weighted by Gasteiger charge is 2.28. The Morgan fingerprint density at radius 2 is 2.05 bits per heavy atom. The molecule has 0 bridgehead atoms. The summed E-state index contributed by atoms with van der Waals surface area (Å²) in [5, 5.41) is 7.33. The molecule has 1 N–H and O–H groups in total. The minimum atomic E-state index is -1.25. The van der Waals surface area contributed by atoms with Gasteiger partial charge in [0, 0.05) is 11.8 Å². The minimum absolute atomic E-state index is 0.352. The van der Waals surface area contributed by atoms with Gasteiger partial charge in [0.2, 0.25) is 0 Å². The first-order chi connectivity index (χ1) is 9.88. The van der Waals surface area contributed by atoms with Gasteiger partial charge in [-0.1, -0.05) is 36.3 Å². The van der Waals surface area contributed by atoms with Crippen LogP contribution in [0, 0.1) is 11.3 Å². The molecule has 1 fully saturated rings. The third kappa shape index (κ3) is 7.09. The number of hydrogen-bond acceptors (Lipinski definition) is 3. The molecule has 1 saturated carbocycles. The van der Waals surface area contributed by atoms with Crippen molar-refractivity contribution in [3.8, 4) is 0 Å². The zero-order valence-electron chi connectivity index (χ0n) is 13.7. The first-order valence-corrected chi connectivity index (χ1v) is 8.86. The molecule has 1 atom stereocenters. The van der Waals surface area contributed by atoms with Gasteiger partial charge in [0.1, 0.15) is 16.1 Å². The lowest BCUT2D eigenvalue weighted by Crippen LogP contribution is -2.27. The van der Waals surface area contributed by atoms with Gasteiger partial charge in [0.05, 0.1) is 5.71 Å². The molecule has 0 aromatic carbocycles. The lowest BCUT2D eigenvalue weighted by Gasteiger charge is -2.19. The first kappa shape index (κ1) is 18.2. The van der Waals surface area contributed by atoms with Crippen LogP contribution in [0.25, 0.3) is 0 Å². The summed E-state index contributed by atoms with van der Waals surface area (Å²) in [6.07, 6.45) is 12.6. The van der Waals surface area contributed by atoms with Crippen molar-refractivity contribution in [2.24, 2.45) is 10.3 Å². The number of hydrogen-bond donors (Lipinski definition) is 1. The molecule has 21 heavy (non-hydrogen) atoms. The maximum Gasteiger partial charge on any atom is 0.144 e. The molecule has 0 aliphatic heterocycles. The third-order valence-electron chi connectivity index (χ3n) is 3.33. The highest BCUT2D eigenvalue weighted by atomic mass is 32.2. The van der Waals surface area contributed by atoms with E-state index in [9.17, 15) is 4.55 Å². The van der Waals surface area contributed by atoms with Crippen LogP contribution in [0.2, 0.25) is 0 Å². The van der Waals surface area contributed by atoms with Gasteiger partial charge < -0.3 is 9.96 Å². The lowest BCUT2D eigenvalue weighted by molar-refractivity contribution is 0.561. The highest BCUT2D eigenvalue weighted by Crippen LogP contribution is 2.34. The molecule has 118 valence electrons. The van der Waals surface area contributed by atoms with E-state index in [-0.39, 0.29) is 4.75 Å². The zero-order valence-corrected chi connectivity index (χ0v) is 14.5. The van der Waals surface area contributed by atoms with Crippen LogP contribution >= 0.6 is 0 Å². The molecule has 0 amide bonds. The second kappa shape index (κ2) is 8.54. The predicted octanol–water partition coefficient (Wildman–Crippen LogP) is 4.62. The Labute approximate surface area is 132 Å². The van der Waals surface area contributed by atoms with Crippen LogP contribution in [0.4, 0.5) is 0 Å². The van der Waals surface area contributed by atoms with Gasteiger partial charge in [-0.05, 0) is 52.0 Å². The highest BCUT2D eigenvalue weighted by molar-refractivity contribution is 7.91. The maximum absolute atomic E-state index is 12.3. The summed E-state index contributed by atoms with van der Waals surface area (Å²) >= 11 is -1.25. The Morgan fingerprint density at radius 1 is 1.38 bits per heavy atom. The van der Waals surface area contributed by atoms with Gasteiger partial charge in [-0.2, -0.15) is 0 Å². The van der Waals surface area contributed by atoms with E-state index < -0.39 is 11.4 Å². The molecular formula is C17H28N2OS. The van der Waals surface area contributed by atoms with Crippen molar-refractivity contribution in [3.63, 3.8) is 0 Å². The Morgan fingerprint density at radius 3 is 2.52 bits per heavy atom. The van der Waals surface area contributed by atoms with Crippen LogP contribution in [0.3, 0.4) is 0 Å². The van der Waals surface area contributed by atoms with Gasteiger partial charge in [-0.25, -0.2) is 0 Å². The van der Waals surface area contributed by atoms with E-state index in [1.165, 1.54) is 19.1 Å². The summed E-state index contributed by atoms with van der Waals surface area (Å²) in [5.41, 5.74) is 1.80. The van der Waals surface area contributed by atoms with Gasteiger partial charge in [-0.15, -0.1) is 0 Å². The zero-order chi connectivity index (χ0) is 15.9. The first-order valence-electron chi connectivity index (χ1n) is 7.75. The monoisotopic (exact) mass is 308 g/mol. The number of nitrogens with zero attached hydrogens (tertiary/aromatic N) is 1. The number of allylic oxidation sites excluding steroid dienone is 4. The molecule has 0 aromatic heterocycles. The van der Waals surface area contributed by atoms with Crippen LogP contribution in [-0.2, 0) is 11.4 Å². The molecule has 3 nitrogen and oxygen atoms in total.